The number of hydrogen-bond donors (Lipinski definition) is 1. The fourth-order valence-electron chi connectivity index (χ4n) is 5.61. The predicted molar refractivity (Wildman–Crippen MR) is 122 cm³/mol. The van der Waals surface area contributed by atoms with Gasteiger partial charge in [0.2, 0.25) is 5.91 Å². The summed E-state index contributed by atoms with van der Waals surface area (Å²) in [5.41, 5.74) is 4.85. The number of carbonyl (C=O) groups excluding carboxylic acids is 2. The highest BCUT2D eigenvalue weighted by molar-refractivity contribution is 6.02. The maximum absolute atomic E-state index is 13.4. The molecule has 0 spiro atoms. The van der Waals surface area contributed by atoms with Crippen LogP contribution in [0.5, 0.6) is 0 Å². The fraction of sp³-hybridized carbons (Fsp3) is 0.385. The van der Waals surface area contributed by atoms with Crippen molar-refractivity contribution in [2.75, 3.05) is 19.6 Å². The molecule has 2 amide bonds. The molecule has 0 aliphatic carbocycles. The lowest BCUT2D eigenvalue weighted by Crippen LogP contribution is -2.47. The Kier molecular flexibility index (Phi) is 4.84. The molecule has 0 radical (unpaired) electrons. The summed E-state index contributed by atoms with van der Waals surface area (Å²) < 4.78 is 0. The zero-order valence-corrected chi connectivity index (χ0v) is 18.4. The first-order valence-electron chi connectivity index (χ1n) is 11.2. The Hall–Kier alpha value is -3.08. The summed E-state index contributed by atoms with van der Waals surface area (Å²) in [6.45, 7) is 8.10. The second-order valence-electron chi connectivity index (χ2n) is 9.38. The highest BCUT2D eigenvalue weighted by Gasteiger charge is 2.41. The number of hydrogen-bond acceptors (Lipinski definition) is 2. The quantitative estimate of drug-likeness (QED) is 0.683. The van der Waals surface area contributed by atoms with E-state index in [1.807, 2.05) is 41.3 Å². The zero-order chi connectivity index (χ0) is 21.7. The van der Waals surface area contributed by atoms with Gasteiger partial charge in [0.25, 0.3) is 5.91 Å². The van der Waals surface area contributed by atoms with Gasteiger partial charge in [-0.15, -0.1) is 0 Å². The highest BCUT2D eigenvalue weighted by atomic mass is 16.2. The van der Waals surface area contributed by atoms with Crippen molar-refractivity contribution < 1.29 is 9.59 Å². The Labute approximate surface area is 183 Å². The summed E-state index contributed by atoms with van der Waals surface area (Å²) in [7, 11) is 0. The van der Waals surface area contributed by atoms with Gasteiger partial charge in [0.05, 0.1) is 6.04 Å². The van der Waals surface area contributed by atoms with Gasteiger partial charge in [0.1, 0.15) is 6.54 Å². The number of nitrogens with one attached hydrogen (secondary N) is 1. The van der Waals surface area contributed by atoms with Crippen LogP contribution in [0.3, 0.4) is 0 Å². The van der Waals surface area contributed by atoms with E-state index in [1.54, 1.807) is 4.90 Å². The first-order chi connectivity index (χ1) is 14.9. The minimum atomic E-state index is -0.261. The van der Waals surface area contributed by atoms with Crippen LogP contribution in [0, 0.1) is 18.8 Å². The molecule has 2 aliphatic rings. The summed E-state index contributed by atoms with van der Waals surface area (Å²) in [5.74, 6) is 0.968. The Balaban J connectivity index is 1.55. The number of likely N-dealkylation sites (tertiary alicyclic amines) is 1. The van der Waals surface area contributed by atoms with E-state index in [4.69, 9.17) is 0 Å². The molecule has 5 rings (SSSR count). The maximum atomic E-state index is 13.4. The van der Waals surface area contributed by atoms with E-state index in [0.717, 1.165) is 47.2 Å². The van der Waals surface area contributed by atoms with E-state index < -0.39 is 0 Å². The number of aromatic amines is 1. The fourth-order valence-corrected chi connectivity index (χ4v) is 5.61. The Morgan fingerprint density at radius 2 is 1.71 bits per heavy atom. The first-order valence-corrected chi connectivity index (χ1v) is 11.2. The van der Waals surface area contributed by atoms with E-state index in [9.17, 15) is 9.59 Å². The van der Waals surface area contributed by atoms with Crippen molar-refractivity contribution in [3.63, 3.8) is 0 Å². The number of nitrogens with zero attached hydrogens (tertiary/aromatic N) is 2. The standard InChI is InChI=1S/C26H29N3O2/c1-16-12-17(2)14-28(13-16)23(30)15-29-25(19-8-4-5-9-20(19)26(29)31)24-18(3)27-22-11-7-6-10-21(22)24/h4-11,16-17,25,27H,12-15H2,1-3H3/t16-,17+,25-/m1/s1. The average molecular weight is 416 g/mol. The predicted octanol–water partition coefficient (Wildman–Crippen LogP) is 4.53. The minimum absolute atomic E-state index is 0.0436. The molecule has 1 N–H and O–H groups in total. The lowest BCUT2D eigenvalue weighted by Gasteiger charge is -2.36. The summed E-state index contributed by atoms with van der Waals surface area (Å²) in [6.07, 6.45) is 1.15. The second kappa shape index (κ2) is 7.56. The molecule has 3 atom stereocenters. The molecular weight excluding hydrogens is 386 g/mol. The third-order valence-corrected chi connectivity index (χ3v) is 6.80. The average Bonchev–Trinajstić information content (AvgIpc) is 3.21. The number of rotatable bonds is 3. The van der Waals surface area contributed by atoms with Gasteiger partial charge >= 0.3 is 0 Å². The Bertz CT molecular complexity index is 1150. The van der Waals surface area contributed by atoms with Crippen LogP contribution < -0.4 is 0 Å². The van der Waals surface area contributed by atoms with Crippen molar-refractivity contribution in [1.29, 1.82) is 0 Å². The van der Waals surface area contributed by atoms with E-state index >= 15 is 0 Å². The molecule has 2 aromatic carbocycles. The molecule has 1 fully saturated rings. The number of aryl methyl sites for hydroxylation is 1. The van der Waals surface area contributed by atoms with Gasteiger partial charge in [0.15, 0.2) is 0 Å². The van der Waals surface area contributed by atoms with Crippen molar-refractivity contribution in [1.82, 2.24) is 14.8 Å². The lowest BCUT2D eigenvalue weighted by molar-refractivity contribution is -0.134. The topological polar surface area (TPSA) is 56.4 Å². The van der Waals surface area contributed by atoms with Crippen LogP contribution in [0.2, 0.25) is 0 Å². The van der Waals surface area contributed by atoms with E-state index in [1.165, 1.54) is 0 Å². The van der Waals surface area contributed by atoms with Crippen LogP contribution in [-0.2, 0) is 4.79 Å². The number of H-pyrrole nitrogens is 1. The van der Waals surface area contributed by atoms with E-state index in [0.29, 0.717) is 17.4 Å². The molecule has 3 heterocycles. The summed E-state index contributed by atoms with van der Waals surface area (Å²) in [4.78, 5) is 34.0. The van der Waals surface area contributed by atoms with E-state index in [2.05, 4.69) is 37.9 Å². The number of benzene rings is 2. The van der Waals surface area contributed by atoms with E-state index in [-0.39, 0.29) is 24.4 Å². The lowest BCUT2D eigenvalue weighted by atomic mass is 9.92. The van der Waals surface area contributed by atoms with Gasteiger partial charge in [-0.3, -0.25) is 9.59 Å². The van der Waals surface area contributed by atoms with Crippen LogP contribution in [0.25, 0.3) is 10.9 Å². The molecule has 31 heavy (non-hydrogen) atoms. The number of amides is 2. The van der Waals surface area contributed by atoms with Gasteiger partial charge in [-0.05, 0) is 42.9 Å². The van der Waals surface area contributed by atoms with Crippen molar-refractivity contribution in [3.05, 3.63) is 70.9 Å². The van der Waals surface area contributed by atoms with Crippen LogP contribution in [0.15, 0.2) is 48.5 Å². The summed E-state index contributed by atoms with van der Waals surface area (Å²) in [5, 5.41) is 1.10. The van der Waals surface area contributed by atoms with Crippen molar-refractivity contribution in [2.45, 2.75) is 33.2 Å². The molecule has 0 saturated carbocycles. The molecule has 3 aromatic rings. The van der Waals surface area contributed by atoms with Crippen LogP contribution in [0.1, 0.15) is 53.5 Å². The maximum Gasteiger partial charge on any atom is 0.255 e. The number of para-hydroxylation sites is 1. The van der Waals surface area contributed by atoms with Crippen LogP contribution >= 0.6 is 0 Å². The third kappa shape index (κ3) is 3.32. The molecule has 0 bridgehead atoms. The Morgan fingerprint density at radius 3 is 2.48 bits per heavy atom. The van der Waals surface area contributed by atoms with Crippen LogP contribution in [0.4, 0.5) is 0 Å². The summed E-state index contributed by atoms with van der Waals surface area (Å²) >= 11 is 0. The summed E-state index contributed by atoms with van der Waals surface area (Å²) in [6, 6.07) is 15.7. The normalized spacial score (nSPS) is 23.5. The zero-order valence-electron chi connectivity index (χ0n) is 18.4. The molecule has 1 aromatic heterocycles. The van der Waals surface area contributed by atoms with Crippen LogP contribution in [-0.4, -0.2) is 46.2 Å². The number of fused-ring (bicyclic) bond motifs is 2. The first kappa shape index (κ1) is 19.9. The number of piperidine rings is 1. The number of carbonyl (C=O) groups is 2. The third-order valence-electron chi connectivity index (χ3n) is 6.80. The van der Waals surface area contributed by atoms with Crippen molar-refractivity contribution in [2.24, 2.45) is 11.8 Å². The molecule has 5 heteroatoms. The van der Waals surface area contributed by atoms with Gasteiger partial charge in [-0.2, -0.15) is 0 Å². The van der Waals surface area contributed by atoms with Gasteiger partial charge in [-0.25, -0.2) is 0 Å². The molecule has 160 valence electrons. The molecular formula is C26H29N3O2. The van der Waals surface area contributed by atoms with Gasteiger partial charge in [0, 0.05) is 40.8 Å². The minimum Gasteiger partial charge on any atom is -0.358 e. The highest BCUT2D eigenvalue weighted by Crippen LogP contribution is 2.42. The SMILES string of the molecule is Cc1[nH]c2ccccc2c1[C@H]1c2ccccc2C(=O)N1CC(=O)N1C[C@H](C)C[C@H](C)C1. The smallest absolute Gasteiger partial charge is 0.255 e. The molecule has 5 nitrogen and oxygen atoms in total. The number of aromatic nitrogens is 1. The monoisotopic (exact) mass is 415 g/mol. The van der Waals surface area contributed by atoms with Crippen molar-refractivity contribution >= 4 is 22.7 Å². The molecule has 2 aliphatic heterocycles. The van der Waals surface area contributed by atoms with Crippen molar-refractivity contribution in [3.8, 4) is 0 Å². The molecule has 0 unspecified atom stereocenters. The second-order valence-corrected chi connectivity index (χ2v) is 9.38. The molecule has 1 saturated heterocycles. The Morgan fingerprint density at radius 1 is 1.03 bits per heavy atom. The largest absolute Gasteiger partial charge is 0.358 e. The van der Waals surface area contributed by atoms with Gasteiger partial charge in [-0.1, -0.05) is 50.2 Å². The van der Waals surface area contributed by atoms with Gasteiger partial charge < -0.3 is 14.8 Å².